The normalized spacial score (nSPS) is 10.8. The fraction of sp³-hybridized carbons (Fsp3) is 0.316. The predicted octanol–water partition coefficient (Wildman–Crippen LogP) is 3.94. The van der Waals surface area contributed by atoms with Crippen LogP contribution in [0.15, 0.2) is 42.9 Å². The minimum atomic E-state index is 0.537. The molecule has 0 bridgehead atoms. The second kappa shape index (κ2) is 8.54. The molecule has 1 N–H and O–H groups in total. The second-order valence-corrected chi connectivity index (χ2v) is 7.21. The summed E-state index contributed by atoms with van der Waals surface area (Å²) in [6.07, 6.45) is 5.55. The number of thiocarbonyl (C=S) groups is 1. The van der Waals surface area contributed by atoms with Gasteiger partial charge in [0.05, 0.1) is 30.0 Å². The third kappa shape index (κ3) is 4.87. The van der Waals surface area contributed by atoms with Crippen LogP contribution in [0.5, 0.6) is 0 Å². The molecule has 0 aliphatic carbocycles. The standard InChI is InChI=1S/C19H23ClN6S/c1-4-25-12-17(20)18(23-25)13-24(3)19(27)22-16-9-21-26(11-16)10-15-8-6-5-7-14(15)2/h5-9,11-12H,4,10,13H2,1-3H3,(H,22,27). The molecule has 0 saturated heterocycles. The van der Waals surface area contributed by atoms with E-state index in [0.717, 1.165) is 24.5 Å². The van der Waals surface area contributed by atoms with Crippen molar-refractivity contribution < 1.29 is 0 Å². The van der Waals surface area contributed by atoms with Gasteiger partial charge in [0, 0.05) is 26.0 Å². The van der Waals surface area contributed by atoms with Gasteiger partial charge in [-0.1, -0.05) is 35.9 Å². The van der Waals surface area contributed by atoms with Crippen LogP contribution >= 0.6 is 23.8 Å². The van der Waals surface area contributed by atoms with Crippen molar-refractivity contribution in [1.82, 2.24) is 24.5 Å². The average Bonchev–Trinajstić information content (AvgIpc) is 3.23. The van der Waals surface area contributed by atoms with Crippen molar-refractivity contribution in [1.29, 1.82) is 0 Å². The molecule has 0 unspecified atom stereocenters. The Balaban J connectivity index is 1.60. The molecule has 2 aromatic heterocycles. The van der Waals surface area contributed by atoms with Gasteiger partial charge < -0.3 is 10.2 Å². The Morgan fingerprint density at radius 2 is 2.04 bits per heavy atom. The van der Waals surface area contributed by atoms with Gasteiger partial charge in [-0.25, -0.2) is 0 Å². The maximum Gasteiger partial charge on any atom is 0.173 e. The zero-order chi connectivity index (χ0) is 19.4. The van der Waals surface area contributed by atoms with Gasteiger partial charge in [0.2, 0.25) is 0 Å². The van der Waals surface area contributed by atoms with Crippen molar-refractivity contribution in [3.63, 3.8) is 0 Å². The van der Waals surface area contributed by atoms with E-state index in [-0.39, 0.29) is 0 Å². The number of nitrogens with zero attached hydrogens (tertiary/aromatic N) is 5. The predicted molar refractivity (Wildman–Crippen MR) is 113 cm³/mol. The monoisotopic (exact) mass is 402 g/mol. The van der Waals surface area contributed by atoms with E-state index in [4.69, 9.17) is 23.8 Å². The lowest BCUT2D eigenvalue weighted by atomic mass is 10.1. The summed E-state index contributed by atoms with van der Waals surface area (Å²) in [6, 6.07) is 8.30. The number of hydrogen-bond donors (Lipinski definition) is 1. The van der Waals surface area contributed by atoms with Crippen LogP contribution in [-0.4, -0.2) is 36.6 Å². The fourth-order valence-corrected chi connectivity index (χ4v) is 3.09. The van der Waals surface area contributed by atoms with Crippen molar-refractivity contribution in [2.45, 2.75) is 33.5 Å². The second-order valence-electron chi connectivity index (χ2n) is 6.42. The molecule has 0 atom stereocenters. The maximum atomic E-state index is 6.24. The zero-order valence-electron chi connectivity index (χ0n) is 15.7. The molecule has 0 radical (unpaired) electrons. The highest BCUT2D eigenvalue weighted by molar-refractivity contribution is 7.80. The van der Waals surface area contributed by atoms with Crippen molar-refractivity contribution in [2.24, 2.45) is 0 Å². The third-order valence-electron chi connectivity index (χ3n) is 4.32. The summed E-state index contributed by atoms with van der Waals surface area (Å²) in [7, 11) is 1.91. The number of anilines is 1. The van der Waals surface area contributed by atoms with Crippen LogP contribution in [0.25, 0.3) is 0 Å². The fourth-order valence-electron chi connectivity index (χ4n) is 2.70. The van der Waals surface area contributed by atoms with E-state index in [9.17, 15) is 0 Å². The first-order valence-electron chi connectivity index (χ1n) is 8.77. The molecule has 0 amide bonds. The van der Waals surface area contributed by atoms with Crippen LogP contribution in [0.1, 0.15) is 23.7 Å². The lowest BCUT2D eigenvalue weighted by molar-refractivity contribution is 0.492. The van der Waals surface area contributed by atoms with E-state index < -0.39 is 0 Å². The molecule has 6 nitrogen and oxygen atoms in total. The highest BCUT2D eigenvalue weighted by Gasteiger charge is 2.12. The number of hydrogen-bond acceptors (Lipinski definition) is 3. The summed E-state index contributed by atoms with van der Waals surface area (Å²) in [5.41, 5.74) is 4.15. The van der Waals surface area contributed by atoms with E-state index in [1.807, 2.05) is 52.8 Å². The zero-order valence-corrected chi connectivity index (χ0v) is 17.3. The molecule has 142 valence electrons. The van der Waals surface area contributed by atoms with E-state index in [0.29, 0.717) is 16.7 Å². The molecule has 0 aliphatic rings. The van der Waals surface area contributed by atoms with E-state index in [1.54, 1.807) is 6.20 Å². The van der Waals surface area contributed by atoms with Crippen LogP contribution in [0.2, 0.25) is 5.02 Å². The molecule has 8 heteroatoms. The Kier molecular flexibility index (Phi) is 6.13. The maximum absolute atomic E-state index is 6.24. The van der Waals surface area contributed by atoms with Gasteiger partial charge in [0.15, 0.2) is 5.11 Å². The van der Waals surface area contributed by atoms with E-state index in [1.165, 1.54) is 11.1 Å². The number of halogens is 1. The van der Waals surface area contributed by atoms with E-state index in [2.05, 4.69) is 34.6 Å². The Morgan fingerprint density at radius 3 is 2.74 bits per heavy atom. The molecule has 0 fully saturated rings. The quantitative estimate of drug-likeness (QED) is 0.633. The van der Waals surface area contributed by atoms with Crippen LogP contribution < -0.4 is 5.32 Å². The van der Waals surface area contributed by atoms with Crippen molar-refractivity contribution in [3.8, 4) is 0 Å². The smallest absolute Gasteiger partial charge is 0.173 e. The summed E-state index contributed by atoms with van der Waals surface area (Å²) >= 11 is 11.7. The molecule has 27 heavy (non-hydrogen) atoms. The lowest BCUT2D eigenvalue weighted by Crippen LogP contribution is -2.30. The summed E-state index contributed by atoms with van der Waals surface area (Å²) < 4.78 is 3.71. The molecule has 2 heterocycles. The number of nitrogens with one attached hydrogen (secondary N) is 1. The molecular weight excluding hydrogens is 380 g/mol. The van der Waals surface area contributed by atoms with Crippen molar-refractivity contribution >= 4 is 34.6 Å². The number of aromatic nitrogens is 4. The van der Waals surface area contributed by atoms with Crippen LogP contribution in [0, 0.1) is 6.92 Å². The largest absolute Gasteiger partial charge is 0.346 e. The van der Waals surface area contributed by atoms with E-state index >= 15 is 0 Å². The topological polar surface area (TPSA) is 50.9 Å². The van der Waals surface area contributed by atoms with Crippen LogP contribution in [0.4, 0.5) is 5.69 Å². The molecule has 1 aromatic carbocycles. The Labute approximate surface area is 169 Å². The molecule has 3 aromatic rings. The van der Waals surface area contributed by atoms with Crippen molar-refractivity contribution in [2.75, 3.05) is 12.4 Å². The average molecular weight is 403 g/mol. The van der Waals surface area contributed by atoms with Gasteiger partial charge in [0.25, 0.3) is 0 Å². The first-order valence-corrected chi connectivity index (χ1v) is 9.55. The Bertz CT molecular complexity index is 932. The summed E-state index contributed by atoms with van der Waals surface area (Å²) in [5, 5.41) is 13.3. The third-order valence-corrected chi connectivity index (χ3v) is 5.05. The van der Waals surface area contributed by atoms with Gasteiger partial charge in [-0.15, -0.1) is 0 Å². The minimum absolute atomic E-state index is 0.537. The number of aryl methyl sites for hydroxylation is 2. The van der Waals surface area contributed by atoms with Gasteiger partial charge in [-0.2, -0.15) is 10.2 Å². The molecule has 0 aliphatic heterocycles. The molecule has 3 rings (SSSR count). The first kappa shape index (κ1) is 19.4. The van der Waals surface area contributed by atoms with Crippen LogP contribution in [-0.2, 0) is 19.6 Å². The summed E-state index contributed by atoms with van der Waals surface area (Å²) in [6.45, 7) is 6.17. The highest BCUT2D eigenvalue weighted by atomic mass is 35.5. The lowest BCUT2D eigenvalue weighted by Gasteiger charge is -2.19. The molecule has 0 spiro atoms. The summed E-state index contributed by atoms with van der Waals surface area (Å²) in [5.74, 6) is 0. The van der Waals surface area contributed by atoms with Crippen LogP contribution in [0.3, 0.4) is 0 Å². The molecular formula is C19H23ClN6S. The summed E-state index contributed by atoms with van der Waals surface area (Å²) in [4.78, 5) is 1.90. The van der Waals surface area contributed by atoms with Gasteiger partial charge in [0.1, 0.15) is 5.69 Å². The number of benzene rings is 1. The minimum Gasteiger partial charge on any atom is -0.346 e. The first-order chi connectivity index (χ1) is 13.0. The molecule has 0 saturated carbocycles. The Hall–Kier alpha value is -2.38. The van der Waals surface area contributed by atoms with Gasteiger partial charge >= 0.3 is 0 Å². The van der Waals surface area contributed by atoms with Gasteiger partial charge in [-0.05, 0) is 37.2 Å². The SMILES string of the molecule is CCn1cc(Cl)c(CN(C)C(=S)Nc2cnn(Cc3ccccc3C)c2)n1. The Morgan fingerprint density at radius 1 is 1.26 bits per heavy atom. The number of rotatable bonds is 6. The highest BCUT2D eigenvalue weighted by Crippen LogP contribution is 2.16. The van der Waals surface area contributed by atoms with Gasteiger partial charge in [-0.3, -0.25) is 9.36 Å². The van der Waals surface area contributed by atoms with Crippen molar-refractivity contribution in [3.05, 3.63) is 64.7 Å².